The predicted molar refractivity (Wildman–Crippen MR) is 138 cm³/mol. The Morgan fingerprint density at radius 3 is 1.34 bits per heavy atom. The SMILES string of the molecule is [CH2]=[Zr+2]([CH]1C=C([SiH](CC)CC)c2ccccc21)[CH]1C=C([SiH](CC)CC)c2ccccc21.[Cl-].[Cl-]. The molecule has 0 saturated heterocycles. The minimum Gasteiger partial charge on any atom is -1.00 e. The molecule has 2 aliphatic rings. The molecule has 0 fully saturated rings. The van der Waals surface area contributed by atoms with Gasteiger partial charge in [-0.2, -0.15) is 0 Å². The standard InChI is InChI=1S/2C13H17Si.CH2.2ClH.Zr/c2*1-3-14(4-2)13-10-9-11-7-5-6-8-12(11)13;;;;/h2*5-10,14H,3-4H2,1-2H3;1H2;2*1H;/q;;;;;+2/p-2. The number of benzene rings is 2. The number of hydrogen-bond donors (Lipinski definition) is 0. The molecule has 0 amide bonds. The van der Waals surface area contributed by atoms with E-state index in [4.69, 9.17) is 4.21 Å². The fourth-order valence-electron chi connectivity index (χ4n) is 5.76. The van der Waals surface area contributed by atoms with Crippen LogP contribution < -0.4 is 24.8 Å². The van der Waals surface area contributed by atoms with Gasteiger partial charge in [-0.25, -0.2) is 0 Å². The second-order valence-corrected chi connectivity index (χ2v) is 22.2. The molecule has 5 heteroatoms. The van der Waals surface area contributed by atoms with E-state index in [-0.39, 0.29) is 24.8 Å². The molecule has 2 atom stereocenters. The van der Waals surface area contributed by atoms with Gasteiger partial charge in [0.15, 0.2) is 0 Å². The fraction of sp³-hybridized carbons (Fsp3) is 0.370. The van der Waals surface area contributed by atoms with Crippen LogP contribution in [0.1, 0.15) is 57.2 Å². The predicted octanol–water partition coefficient (Wildman–Crippen LogP) is 0.933. The van der Waals surface area contributed by atoms with Gasteiger partial charge >= 0.3 is 196 Å². The monoisotopic (exact) mass is 576 g/mol. The molecule has 0 N–H and O–H groups in total. The van der Waals surface area contributed by atoms with E-state index in [0.29, 0.717) is 7.25 Å². The van der Waals surface area contributed by atoms with Crippen LogP contribution >= 0.6 is 0 Å². The first-order valence-corrected chi connectivity index (χ1v) is 20.9. The molecule has 2 aliphatic carbocycles. The van der Waals surface area contributed by atoms with Gasteiger partial charge in [-0.15, -0.1) is 0 Å². The first-order chi connectivity index (χ1) is 14.6. The van der Waals surface area contributed by atoms with Crippen molar-refractivity contribution in [2.75, 3.05) is 0 Å². The fourth-order valence-corrected chi connectivity index (χ4v) is 18.0. The van der Waals surface area contributed by atoms with E-state index in [1.807, 2.05) is 0 Å². The van der Waals surface area contributed by atoms with Crippen molar-refractivity contribution in [2.24, 2.45) is 0 Å². The van der Waals surface area contributed by atoms with E-state index >= 15 is 0 Å². The van der Waals surface area contributed by atoms with E-state index in [9.17, 15) is 0 Å². The maximum atomic E-state index is 5.03. The van der Waals surface area contributed by atoms with Crippen molar-refractivity contribution >= 4 is 32.2 Å². The van der Waals surface area contributed by atoms with E-state index < -0.39 is 38.9 Å². The van der Waals surface area contributed by atoms with Crippen molar-refractivity contribution < 1.29 is 46.1 Å². The van der Waals surface area contributed by atoms with Crippen LogP contribution in [0.4, 0.5) is 0 Å². The third-order valence-corrected chi connectivity index (χ3v) is 20.5. The maximum absolute atomic E-state index is 5.03. The van der Waals surface area contributed by atoms with Gasteiger partial charge < -0.3 is 24.8 Å². The molecular formula is C27H36Cl2Si2Zr. The van der Waals surface area contributed by atoms with Crippen LogP contribution in [0.5, 0.6) is 0 Å². The van der Waals surface area contributed by atoms with Gasteiger partial charge in [0.1, 0.15) is 0 Å². The molecule has 0 radical (unpaired) electrons. The summed E-state index contributed by atoms with van der Waals surface area (Å²) in [5.41, 5.74) is 6.43. The topological polar surface area (TPSA) is 0 Å². The van der Waals surface area contributed by atoms with Crippen molar-refractivity contribution in [1.82, 2.24) is 0 Å². The Labute approximate surface area is 218 Å². The minimum absolute atomic E-state index is 0. The van der Waals surface area contributed by atoms with Crippen LogP contribution in [0.2, 0.25) is 24.2 Å². The molecule has 4 rings (SSSR count). The zero-order chi connectivity index (χ0) is 21.3. The summed E-state index contributed by atoms with van der Waals surface area (Å²) in [5, 5.41) is 3.51. The number of fused-ring (bicyclic) bond motifs is 2. The van der Waals surface area contributed by atoms with Crippen LogP contribution in [0.3, 0.4) is 0 Å². The van der Waals surface area contributed by atoms with Gasteiger partial charge in [0.05, 0.1) is 0 Å². The molecule has 2 aromatic carbocycles. The van der Waals surface area contributed by atoms with Crippen LogP contribution in [0.25, 0.3) is 10.4 Å². The summed E-state index contributed by atoms with van der Waals surface area (Å²) < 4.78 is 6.31. The third-order valence-electron chi connectivity index (χ3n) is 7.56. The van der Waals surface area contributed by atoms with E-state index in [0.717, 1.165) is 0 Å². The average molecular weight is 579 g/mol. The molecule has 0 bridgehead atoms. The van der Waals surface area contributed by atoms with Crippen molar-refractivity contribution in [3.05, 3.63) is 82.9 Å². The smallest absolute Gasteiger partial charge is 1.00 e. The quantitative estimate of drug-likeness (QED) is 0.409. The third kappa shape index (κ3) is 5.03. The van der Waals surface area contributed by atoms with Crippen LogP contribution in [-0.2, 0) is 21.3 Å². The van der Waals surface area contributed by atoms with Crippen LogP contribution in [-0.4, -0.2) is 21.8 Å². The van der Waals surface area contributed by atoms with Gasteiger partial charge in [0.25, 0.3) is 0 Å². The van der Waals surface area contributed by atoms with Gasteiger partial charge in [0, 0.05) is 0 Å². The maximum Gasteiger partial charge on any atom is -1.00 e. The molecule has 170 valence electrons. The number of allylic oxidation sites excluding steroid dienone is 2. The van der Waals surface area contributed by atoms with Crippen molar-refractivity contribution in [1.29, 1.82) is 0 Å². The molecule has 0 heterocycles. The zero-order valence-electron chi connectivity index (χ0n) is 19.9. The summed E-state index contributed by atoms with van der Waals surface area (Å²) in [7, 11) is -1.69. The molecule has 0 aromatic heterocycles. The zero-order valence-corrected chi connectivity index (χ0v) is 26.2. The molecule has 32 heavy (non-hydrogen) atoms. The Kier molecular flexibility index (Phi) is 10.8. The second-order valence-electron chi connectivity index (χ2n) is 8.98. The van der Waals surface area contributed by atoms with Gasteiger partial charge in [-0.3, -0.25) is 0 Å². The first kappa shape index (κ1) is 27.9. The Morgan fingerprint density at radius 2 is 1.00 bits per heavy atom. The van der Waals surface area contributed by atoms with Crippen LogP contribution in [0.15, 0.2) is 60.7 Å². The molecule has 2 unspecified atom stereocenters. The normalized spacial score (nSPS) is 18.2. The Hall–Kier alpha value is -0.313. The summed E-state index contributed by atoms with van der Waals surface area (Å²) in [6.45, 7) is 9.63. The molecular weight excluding hydrogens is 543 g/mol. The Balaban J connectivity index is 0.00000181. The summed E-state index contributed by atoms with van der Waals surface area (Å²) in [6, 6.07) is 24.2. The van der Waals surface area contributed by atoms with Gasteiger partial charge in [-0.1, -0.05) is 0 Å². The molecule has 0 spiro atoms. The summed E-state index contributed by atoms with van der Waals surface area (Å²) >= 11 is -2.05. The summed E-state index contributed by atoms with van der Waals surface area (Å²) in [6.07, 6.45) is 5.47. The molecule has 0 aliphatic heterocycles. The molecule has 2 aromatic rings. The summed E-state index contributed by atoms with van der Waals surface area (Å²) in [5.74, 6) is 0. The number of hydrogen-bond acceptors (Lipinski definition) is 0. The van der Waals surface area contributed by atoms with Crippen molar-refractivity contribution in [3.63, 3.8) is 0 Å². The largest absolute Gasteiger partial charge is 1.00 e. The van der Waals surface area contributed by atoms with E-state index in [1.165, 1.54) is 24.2 Å². The van der Waals surface area contributed by atoms with E-state index in [2.05, 4.69) is 88.4 Å². The minimum atomic E-state index is -2.05. The summed E-state index contributed by atoms with van der Waals surface area (Å²) in [4.78, 5) is 0. The first-order valence-electron chi connectivity index (χ1n) is 11.9. The van der Waals surface area contributed by atoms with Crippen LogP contribution in [0, 0.1) is 0 Å². The number of rotatable bonds is 8. The van der Waals surface area contributed by atoms with Crippen molar-refractivity contribution in [2.45, 2.75) is 59.1 Å². The van der Waals surface area contributed by atoms with Crippen molar-refractivity contribution in [3.8, 4) is 0 Å². The number of halogens is 2. The average Bonchev–Trinajstić information content (AvgIpc) is 3.35. The van der Waals surface area contributed by atoms with Gasteiger partial charge in [-0.05, 0) is 0 Å². The molecule has 0 nitrogen and oxygen atoms in total. The van der Waals surface area contributed by atoms with E-state index in [1.54, 1.807) is 32.6 Å². The second kappa shape index (κ2) is 12.4. The molecule has 0 saturated carbocycles. The Morgan fingerprint density at radius 1 is 0.656 bits per heavy atom. The van der Waals surface area contributed by atoms with Gasteiger partial charge in [0.2, 0.25) is 0 Å². The Bertz CT molecular complexity index is 927.